The Hall–Kier alpha value is -2.18. The second-order valence-electron chi connectivity index (χ2n) is 6.11. The number of rotatable bonds is 3. The summed E-state index contributed by atoms with van der Waals surface area (Å²) in [5.74, 6) is 1.04. The Morgan fingerprint density at radius 2 is 2.25 bits per heavy atom. The number of fused-ring (bicyclic) bond motifs is 1. The molecule has 1 aliphatic carbocycles. The van der Waals surface area contributed by atoms with E-state index in [1.165, 1.54) is 28.0 Å². The Morgan fingerprint density at radius 1 is 1.33 bits per heavy atom. The van der Waals surface area contributed by atoms with E-state index in [4.69, 9.17) is 4.74 Å². The molecule has 5 rings (SSSR count). The van der Waals surface area contributed by atoms with Crippen LogP contribution in [0.4, 0.5) is 5.13 Å². The molecule has 0 bridgehead atoms. The molecule has 6 heteroatoms. The van der Waals surface area contributed by atoms with Gasteiger partial charge < -0.3 is 4.74 Å². The van der Waals surface area contributed by atoms with Crippen molar-refractivity contribution in [2.24, 2.45) is 0 Å². The molecule has 1 saturated heterocycles. The Kier molecular flexibility index (Phi) is 2.90. The molecule has 3 heterocycles. The lowest BCUT2D eigenvalue weighted by molar-refractivity contribution is -0.111. The van der Waals surface area contributed by atoms with Crippen LogP contribution in [0.5, 0.6) is 5.75 Å². The summed E-state index contributed by atoms with van der Waals surface area (Å²) in [4.78, 5) is 19.2. The lowest BCUT2D eigenvalue weighted by atomic mass is 9.86. The van der Waals surface area contributed by atoms with Crippen LogP contribution < -0.4 is 9.64 Å². The minimum absolute atomic E-state index is 0.0326. The van der Waals surface area contributed by atoms with Crippen LogP contribution in [-0.4, -0.2) is 23.5 Å². The van der Waals surface area contributed by atoms with E-state index in [1.807, 2.05) is 16.3 Å². The van der Waals surface area contributed by atoms with Crippen LogP contribution in [0.3, 0.4) is 0 Å². The van der Waals surface area contributed by atoms with Gasteiger partial charge in [0.05, 0.1) is 7.11 Å². The molecule has 2 aromatic heterocycles. The fraction of sp³-hybridized carbons (Fsp3) is 0.222. The Bertz CT molecular complexity index is 921. The van der Waals surface area contributed by atoms with Crippen LogP contribution in [-0.2, 0) is 11.2 Å². The van der Waals surface area contributed by atoms with Gasteiger partial charge in [-0.3, -0.25) is 9.69 Å². The minimum Gasteiger partial charge on any atom is -0.497 e. The van der Waals surface area contributed by atoms with Gasteiger partial charge in [-0.1, -0.05) is 6.07 Å². The number of thiazole rings is 1. The standard InChI is InChI=1S/C18H14N2O2S2/c1-22-13-3-2-11-9-18(16(21)20(18)17-19-5-7-24-17)15(14(11)8-13)12-4-6-23-10-12/h2-8,10,15H,9H2,1H3/t15-,18+,20?/m0/s1. The number of amides is 1. The molecule has 1 aliphatic heterocycles. The molecule has 0 radical (unpaired) electrons. The van der Waals surface area contributed by atoms with E-state index < -0.39 is 5.54 Å². The highest BCUT2D eigenvalue weighted by Gasteiger charge is 2.71. The number of hydrogen-bond donors (Lipinski definition) is 0. The predicted octanol–water partition coefficient (Wildman–Crippen LogP) is 3.69. The first-order valence-corrected chi connectivity index (χ1v) is 9.51. The third kappa shape index (κ3) is 1.72. The van der Waals surface area contributed by atoms with Crippen LogP contribution in [0, 0.1) is 0 Å². The van der Waals surface area contributed by atoms with Crippen molar-refractivity contribution in [1.82, 2.24) is 4.98 Å². The van der Waals surface area contributed by atoms with E-state index in [0.29, 0.717) is 0 Å². The molecule has 1 spiro atoms. The average Bonchev–Trinajstić information content (AvgIpc) is 3.15. The van der Waals surface area contributed by atoms with Crippen molar-refractivity contribution in [1.29, 1.82) is 0 Å². The number of hydrogen-bond acceptors (Lipinski definition) is 5. The Labute approximate surface area is 147 Å². The molecule has 3 aromatic rings. The second-order valence-corrected chi connectivity index (χ2v) is 7.76. The third-order valence-corrected chi connectivity index (χ3v) is 6.47. The number of aromatic nitrogens is 1. The molecule has 1 amide bonds. The third-order valence-electron chi connectivity index (χ3n) is 5.01. The van der Waals surface area contributed by atoms with Gasteiger partial charge in [-0.05, 0) is 45.6 Å². The van der Waals surface area contributed by atoms with E-state index in [1.54, 1.807) is 24.6 Å². The quantitative estimate of drug-likeness (QED) is 0.674. The molecule has 120 valence electrons. The minimum atomic E-state index is -0.520. The van der Waals surface area contributed by atoms with Crippen LogP contribution in [0.15, 0.2) is 46.6 Å². The van der Waals surface area contributed by atoms with Crippen LogP contribution in [0.2, 0.25) is 0 Å². The van der Waals surface area contributed by atoms with Gasteiger partial charge in [0.25, 0.3) is 5.91 Å². The number of carbonyl (C=O) groups is 1. The second kappa shape index (κ2) is 4.91. The largest absolute Gasteiger partial charge is 0.497 e. The van der Waals surface area contributed by atoms with E-state index in [9.17, 15) is 4.79 Å². The monoisotopic (exact) mass is 354 g/mol. The van der Waals surface area contributed by atoms with Crippen LogP contribution >= 0.6 is 22.7 Å². The predicted molar refractivity (Wildman–Crippen MR) is 95.2 cm³/mol. The van der Waals surface area contributed by atoms with E-state index >= 15 is 0 Å². The number of ether oxygens (including phenoxy) is 1. The van der Waals surface area contributed by atoms with Crippen molar-refractivity contribution in [3.05, 3.63) is 63.3 Å². The molecule has 4 nitrogen and oxygen atoms in total. The van der Waals surface area contributed by atoms with E-state index in [2.05, 4.69) is 33.9 Å². The van der Waals surface area contributed by atoms with Gasteiger partial charge in [0.15, 0.2) is 5.13 Å². The van der Waals surface area contributed by atoms with Gasteiger partial charge in [0.2, 0.25) is 0 Å². The maximum atomic E-state index is 12.9. The molecule has 0 unspecified atom stereocenters. The summed E-state index contributed by atoms with van der Waals surface area (Å²) in [5, 5.41) is 6.92. The summed E-state index contributed by atoms with van der Waals surface area (Å²) in [5.41, 5.74) is 3.09. The number of methoxy groups -OCH3 is 1. The smallest absolute Gasteiger partial charge is 0.257 e. The van der Waals surface area contributed by atoms with Gasteiger partial charge in [-0.15, -0.1) is 11.3 Å². The fourth-order valence-corrected chi connectivity index (χ4v) is 5.34. The molecule has 0 saturated carbocycles. The summed E-state index contributed by atoms with van der Waals surface area (Å²) in [6, 6.07) is 8.27. The first-order valence-electron chi connectivity index (χ1n) is 7.69. The molecule has 2 atom stereocenters. The zero-order valence-corrected chi connectivity index (χ0v) is 14.6. The zero-order chi connectivity index (χ0) is 16.3. The van der Waals surface area contributed by atoms with Crippen molar-refractivity contribution < 1.29 is 9.53 Å². The summed E-state index contributed by atoms with van der Waals surface area (Å²) in [6.45, 7) is 0. The number of nitrogens with zero attached hydrogens (tertiary/aromatic N) is 2. The molecule has 1 aromatic carbocycles. The van der Waals surface area contributed by atoms with Gasteiger partial charge >= 0.3 is 0 Å². The molecular weight excluding hydrogens is 340 g/mol. The van der Waals surface area contributed by atoms with E-state index in [0.717, 1.165) is 17.3 Å². The lowest BCUT2D eigenvalue weighted by Gasteiger charge is -2.18. The zero-order valence-electron chi connectivity index (χ0n) is 12.9. The molecule has 0 N–H and O–H groups in total. The van der Waals surface area contributed by atoms with Crippen molar-refractivity contribution in [3.63, 3.8) is 0 Å². The summed E-state index contributed by atoms with van der Waals surface area (Å²) >= 11 is 3.18. The summed E-state index contributed by atoms with van der Waals surface area (Å²) < 4.78 is 5.41. The van der Waals surface area contributed by atoms with Crippen molar-refractivity contribution >= 4 is 33.7 Å². The lowest BCUT2D eigenvalue weighted by Crippen LogP contribution is -2.25. The normalized spacial score (nSPS) is 24.5. The number of thiophene rings is 1. The van der Waals surface area contributed by atoms with Crippen molar-refractivity contribution in [2.45, 2.75) is 17.9 Å². The maximum Gasteiger partial charge on any atom is 0.257 e. The topological polar surface area (TPSA) is 42.2 Å². The maximum absolute atomic E-state index is 12.9. The van der Waals surface area contributed by atoms with Crippen LogP contribution in [0.1, 0.15) is 22.6 Å². The highest BCUT2D eigenvalue weighted by molar-refractivity contribution is 7.14. The Morgan fingerprint density at radius 3 is 2.96 bits per heavy atom. The molecule has 24 heavy (non-hydrogen) atoms. The van der Waals surface area contributed by atoms with Crippen LogP contribution in [0.25, 0.3) is 0 Å². The SMILES string of the molecule is COc1ccc2c(c1)[C@H](c1ccsc1)[C@]1(C2)C(=O)N1c1nccs1. The first kappa shape index (κ1) is 14.2. The van der Waals surface area contributed by atoms with E-state index in [-0.39, 0.29) is 11.8 Å². The highest BCUT2D eigenvalue weighted by atomic mass is 32.1. The van der Waals surface area contributed by atoms with Gasteiger partial charge in [-0.25, -0.2) is 4.98 Å². The molecule has 1 fully saturated rings. The van der Waals surface area contributed by atoms with Gasteiger partial charge in [0.1, 0.15) is 11.3 Å². The van der Waals surface area contributed by atoms with Gasteiger partial charge in [-0.2, -0.15) is 11.3 Å². The molecular formula is C18H14N2O2S2. The fourth-order valence-electron chi connectivity index (χ4n) is 3.94. The average molecular weight is 354 g/mol. The summed E-state index contributed by atoms with van der Waals surface area (Å²) in [7, 11) is 1.68. The highest BCUT2D eigenvalue weighted by Crippen LogP contribution is 2.59. The number of benzene rings is 1. The molecule has 2 aliphatic rings. The van der Waals surface area contributed by atoms with Crippen molar-refractivity contribution in [3.8, 4) is 5.75 Å². The summed E-state index contributed by atoms with van der Waals surface area (Å²) in [6.07, 6.45) is 2.48. The van der Waals surface area contributed by atoms with Crippen molar-refractivity contribution in [2.75, 3.05) is 12.0 Å². The Balaban J connectivity index is 1.68. The van der Waals surface area contributed by atoms with Gasteiger partial charge in [0, 0.05) is 23.9 Å². The number of anilines is 1. The number of carbonyl (C=O) groups excluding carboxylic acids is 1. The first-order chi connectivity index (χ1) is 11.8.